The fraction of sp³-hybridized carbons (Fsp3) is 0.571. The molecule has 1 rings (SSSR count). The first kappa shape index (κ1) is 13.8. The Morgan fingerprint density at radius 3 is 2.41 bits per heavy atom. The van der Waals surface area contributed by atoms with Crippen LogP contribution in [0.4, 0.5) is 0 Å². The van der Waals surface area contributed by atoms with Crippen LogP contribution in [0.2, 0.25) is 0 Å². The van der Waals surface area contributed by atoms with Crippen molar-refractivity contribution >= 4 is 5.78 Å². The Hall–Kier alpha value is -1.22. The van der Waals surface area contributed by atoms with Crippen LogP contribution in [0, 0.1) is 0 Å². The van der Waals surface area contributed by atoms with E-state index in [-0.39, 0.29) is 5.78 Å². The van der Waals surface area contributed by atoms with Gasteiger partial charge in [-0.2, -0.15) is 0 Å². The first-order valence-electron chi connectivity index (χ1n) is 6.02. The molecule has 0 unspecified atom stereocenters. The fourth-order valence-electron chi connectivity index (χ4n) is 1.40. The zero-order valence-corrected chi connectivity index (χ0v) is 11.4. The SMILES string of the molecule is CCc1ccc(CC(=O)C(C)(C)N(C)C)nc1. The van der Waals surface area contributed by atoms with Crippen LogP contribution in [0.5, 0.6) is 0 Å². The molecule has 1 aromatic heterocycles. The average molecular weight is 234 g/mol. The van der Waals surface area contributed by atoms with Gasteiger partial charge in [0, 0.05) is 11.9 Å². The van der Waals surface area contributed by atoms with Gasteiger partial charge in [0.1, 0.15) is 0 Å². The Morgan fingerprint density at radius 2 is 2.00 bits per heavy atom. The second-order valence-corrected chi connectivity index (χ2v) is 5.06. The van der Waals surface area contributed by atoms with Crippen molar-refractivity contribution in [2.75, 3.05) is 14.1 Å². The van der Waals surface area contributed by atoms with Crippen LogP contribution in [0.25, 0.3) is 0 Å². The van der Waals surface area contributed by atoms with E-state index >= 15 is 0 Å². The topological polar surface area (TPSA) is 33.2 Å². The van der Waals surface area contributed by atoms with Crippen LogP contribution in [0.15, 0.2) is 18.3 Å². The number of carbonyl (C=O) groups excluding carboxylic acids is 1. The number of aryl methyl sites for hydroxylation is 1. The summed E-state index contributed by atoms with van der Waals surface area (Å²) in [5.41, 5.74) is 1.61. The number of pyridine rings is 1. The maximum Gasteiger partial charge on any atom is 0.158 e. The molecule has 3 heteroatoms. The van der Waals surface area contributed by atoms with Crippen LogP contribution in [0.3, 0.4) is 0 Å². The third kappa shape index (κ3) is 3.37. The van der Waals surface area contributed by atoms with Gasteiger partial charge in [-0.25, -0.2) is 0 Å². The molecule has 0 aliphatic rings. The highest BCUT2D eigenvalue weighted by Gasteiger charge is 2.29. The highest BCUT2D eigenvalue weighted by molar-refractivity contribution is 5.89. The molecule has 0 aromatic carbocycles. The van der Waals surface area contributed by atoms with E-state index < -0.39 is 5.54 Å². The predicted molar refractivity (Wildman–Crippen MR) is 70.1 cm³/mol. The molecule has 0 radical (unpaired) electrons. The van der Waals surface area contributed by atoms with E-state index in [0.29, 0.717) is 6.42 Å². The monoisotopic (exact) mass is 234 g/mol. The minimum Gasteiger partial charge on any atom is -0.298 e. The Bertz CT molecular complexity index is 380. The molecule has 0 N–H and O–H groups in total. The Labute approximate surface area is 104 Å². The predicted octanol–water partition coefficient (Wildman–Crippen LogP) is 2.10. The minimum atomic E-state index is -0.439. The Balaban J connectivity index is 2.74. The highest BCUT2D eigenvalue weighted by atomic mass is 16.1. The van der Waals surface area contributed by atoms with E-state index in [2.05, 4.69) is 11.9 Å². The van der Waals surface area contributed by atoms with Crippen molar-refractivity contribution < 1.29 is 4.79 Å². The van der Waals surface area contributed by atoms with Crippen molar-refractivity contribution in [3.05, 3.63) is 29.6 Å². The van der Waals surface area contributed by atoms with Gasteiger partial charge in [0.25, 0.3) is 0 Å². The van der Waals surface area contributed by atoms with Gasteiger partial charge in [-0.05, 0) is 46.0 Å². The number of hydrogen-bond acceptors (Lipinski definition) is 3. The summed E-state index contributed by atoms with van der Waals surface area (Å²) < 4.78 is 0. The normalized spacial score (nSPS) is 11.9. The summed E-state index contributed by atoms with van der Waals surface area (Å²) in [7, 11) is 3.84. The molecule has 0 aliphatic heterocycles. The molecule has 17 heavy (non-hydrogen) atoms. The van der Waals surface area contributed by atoms with E-state index in [1.54, 1.807) is 0 Å². The van der Waals surface area contributed by atoms with Crippen molar-refractivity contribution in [2.24, 2.45) is 0 Å². The number of aromatic nitrogens is 1. The van der Waals surface area contributed by atoms with Crippen LogP contribution in [0.1, 0.15) is 32.0 Å². The van der Waals surface area contributed by atoms with Gasteiger partial charge < -0.3 is 0 Å². The summed E-state index contributed by atoms with van der Waals surface area (Å²) in [6.07, 6.45) is 3.23. The van der Waals surface area contributed by atoms with Crippen molar-refractivity contribution in [3.63, 3.8) is 0 Å². The second-order valence-electron chi connectivity index (χ2n) is 5.06. The smallest absolute Gasteiger partial charge is 0.158 e. The standard InChI is InChI=1S/C14H22N2O/c1-6-11-7-8-12(15-10-11)9-13(17)14(2,3)16(4)5/h7-8,10H,6,9H2,1-5H3. The molecule has 0 saturated heterocycles. The van der Waals surface area contributed by atoms with Crippen molar-refractivity contribution in [1.29, 1.82) is 0 Å². The van der Waals surface area contributed by atoms with E-state index in [1.165, 1.54) is 5.56 Å². The highest BCUT2D eigenvalue weighted by Crippen LogP contribution is 2.14. The second kappa shape index (κ2) is 5.41. The summed E-state index contributed by atoms with van der Waals surface area (Å²) in [5, 5.41) is 0. The third-order valence-electron chi connectivity index (χ3n) is 3.44. The molecule has 0 fully saturated rings. The fourth-order valence-corrected chi connectivity index (χ4v) is 1.40. The van der Waals surface area contributed by atoms with Gasteiger partial charge in [0.2, 0.25) is 0 Å². The van der Waals surface area contributed by atoms with E-state index in [0.717, 1.165) is 12.1 Å². The Morgan fingerprint density at radius 1 is 1.35 bits per heavy atom. The molecule has 0 atom stereocenters. The molecule has 1 heterocycles. The number of likely N-dealkylation sites (N-methyl/N-ethyl adjacent to an activating group) is 1. The summed E-state index contributed by atoms with van der Waals surface area (Å²) in [4.78, 5) is 18.4. The molecule has 0 spiro atoms. The molecule has 0 saturated carbocycles. The minimum absolute atomic E-state index is 0.194. The molecule has 0 amide bonds. The lowest BCUT2D eigenvalue weighted by molar-refractivity contribution is -0.127. The van der Waals surface area contributed by atoms with Gasteiger partial charge in [0.15, 0.2) is 5.78 Å². The summed E-state index contributed by atoms with van der Waals surface area (Å²) >= 11 is 0. The summed E-state index contributed by atoms with van der Waals surface area (Å²) in [6.45, 7) is 5.97. The zero-order chi connectivity index (χ0) is 13.1. The molecule has 3 nitrogen and oxygen atoms in total. The summed E-state index contributed by atoms with van der Waals surface area (Å²) in [5.74, 6) is 0.194. The van der Waals surface area contributed by atoms with Crippen LogP contribution >= 0.6 is 0 Å². The van der Waals surface area contributed by atoms with Crippen LogP contribution in [-0.4, -0.2) is 35.3 Å². The number of ketones is 1. The van der Waals surface area contributed by atoms with E-state index in [9.17, 15) is 4.79 Å². The number of hydrogen-bond donors (Lipinski definition) is 0. The van der Waals surface area contributed by atoms with Crippen molar-refractivity contribution in [2.45, 2.75) is 39.2 Å². The molecule has 1 aromatic rings. The van der Waals surface area contributed by atoms with Crippen molar-refractivity contribution in [3.8, 4) is 0 Å². The lowest BCUT2D eigenvalue weighted by Crippen LogP contribution is -2.46. The van der Waals surface area contributed by atoms with Crippen molar-refractivity contribution in [1.82, 2.24) is 9.88 Å². The lowest BCUT2D eigenvalue weighted by Gasteiger charge is -2.30. The van der Waals surface area contributed by atoms with Gasteiger partial charge >= 0.3 is 0 Å². The number of carbonyl (C=O) groups is 1. The largest absolute Gasteiger partial charge is 0.298 e. The van der Waals surface area contributed by atoms with Gasteiger partial charge in [-0.15, -0.1) is 0 Å². The first-order valence-corrected chi connectivity index (χ1v) is 6.02. The van der Waals surface area contributed by atoms with E-state index in [1.807, 2.05) is 51.2 Å². The van der Waals surface area contributed by atoms with Gasteiger partial charge in [-0.1, -0.05) is 13.0 Å². The zero-order valence-electron chi connectivity index (χ0n) is 11.4. The molecular weight excluding hydrogens is 212 g/mol. The van der Waals surface area contributed by atoms with E-state index in [4.69, 9.17) is 0 Å². The average Bonchev–Trinajstić information content (AvgIpc) is 2.29. The number of nitrogens with zero attached hydrogens (tertiary/aromatic N) is 2. The Kier molecular flexibility index (Phi) is 4.40. The summed E-state index contributed by atoms with van der Waals surface area (Å²) in [6, 6.07) is 3.99. The third-order valence-corrected chi connectivity index (χ3v) is 3.44. The molecular formula is C14H22N2O. The first-order chi connectivity index (χ1) is 7.87. The lowest BCUT2D eigenvalue weighted by atomic mass is 9.94. The quantitative estimate of drug-likeness (QED) is 0.782. The van der Waals surface area contributed by atoms with Gasteiger partial charge in [0.05, 0.1) is 12.0 Å². The molecule has 94 valence electrons. The van der Waals surface area contributed by atoms with Gasteiger partial charge in [-0.3, -0.25) is 14.7 Å². The van der Waals surface area contributed by atoms with Crippen LogP contribution in [-0.2, 0) is 17.6 Å². The number of rotatable bonds is 5. The molecule has 0 aliphatic carbocycles. The maximum absolute atomic E-state index is 12.1. The number of Topliss-reactive ketones (excluding diaryl/α,β-unsaturated/α-hetero) is 1. The maximum atomic E-state index is 12.1. The molecule has 0 bridgehead atoms. The van der Waals surface area contributed by atoms with Crippen LogP contribution < -0.4 is 0 Å².